The Morgan fingerprint density at radius 2 is 2.55 bits per heavy atom. The lowest BCUT2D eigenvalue weighted by atomic mass is 10.3. The Morgan fingerprint density at radius 3 is 3.09 bits per heavy atom. The predicted molar refractivity (Wildman–Crippen MR) is 40.8 cm³/mol. The molecule has 0 saturated heterocycles. The molecule has 11 heavy (non-hydrogen) atoms. The maximum absolute atomic E-state index is 5.48. The van der Waals surface area contributed by atoms with Gasteiger partial charge < -0.3 is 15.6 Å². The van der Waals surface area contributed by atoms with Crippen LogP contribution in [0.4, 0.5) is 5.88 Å². The number of hydrogen-bond donors (Lipinski definition) is 2. The summed E-state index contributed by atoms with van der Waals surface area (Å²) in [5.74, 6) is 0.429. The first-order valence-electron chi connectivity index (χ1n) is 3.78. The van der Waals surface area contributed by atoms with E-state index in [0.717, 1.165) is 12.1 Å². The average molecular weight is 153 g/mol. The lowest BCUT2D eigenvalue weighted by molar-refractivity contribution is 0.435. The standard InChI is InChI=1S/C7H11N3O/c8-7-5(4-10-11-7)3-9-6-1-2-6/h4,6,9H,1-3,8H2. The third-order valence-electron chi connectivity index (χ3n) is 1.83. The van der Waals surface area contributed by atoms with Gasteiger partial charge in [0.05, 0.1) is 11.8 Å². The smallest absolute Gasteiger partial charge is 0.226 e. The number of hydrogen-bond acceptors (Lipinski definition) is 4. The van der Waals surface area contributed by atoms with Crippen molar-refractivity contribution in [2.75, 3.05) is 5.73 Å². The highest BCUT2D eigenvalue weighted by molar-refractivity contribution is 5.32. The second kappa shape index (κ2) is 2.54. The van der Waals surface area contributed by atoms with E-state index in [1.807, 2.05) is 0 Å². The maximum Gasteiger partial charge on any atom is 0.226 e. The number of nitrogen functional groups attached to an aromatic ring is 1. The van der Waals surface area contributed by atoms with Crippen LogP contribution in [0.15, 0.2) is 10.7 Å². The molecule has 3 N–H and O–H groups in total. The molecule has 0 amide bonds. The number of aromatic nitrogens is 1. The van der Waals surface area contributed by atoms with Crippen molar-refractivity contribution in [1.82, 2.24) is 10.5 Å². The van der Waals surface area contributed by atoms with E-state index in [1.54, 1.807) is 6.20 Å². The summed E-state index contributed by atoms with van der Waals surface area (Å²) < 4.78 is 4.70. The van der Waals surface area contributed by atoms with Crippen molar-refractivity contribution in [3.8, 4) is 0 Å². The van der Waals surface area contributed by atoms with Gasteiger partial charge in [-0.2, -0.15) is 0 Å². The fourth-order valence-corrected chi connectivity index (χ4v) is 0.944. The highest BCUT2D eigenvalue weighted by atomic mass is 16.5. The number of nitrogens with zero attached hydrogens (tertiary/aromatic N) is 1. The first-order valence-corrected chi connectivity index (χ1v) is 3.78. The Labute approximate surface area is 64.7 Å². The van der Waals surface area contributed by atoms with Gasteiger partial charge >= 0.3 is 0 Å². The van der Waals surface area contributed by atoms with Crippen molar-refractivity contribution < 1.29 is 4.52 Å². The van der Waals surface area contributed by atoms with Gasteiger partial charge in [0, 0.05) is 12.6 Å². The van der Waals surface area contributed by atoms with E-state index in [2.05, 4.69) is 10.5 Å². The highest BCUT2D eigenvalue weighted by Gasteiger charge is 2.20. The molecule has 1 aliphatic rings. The summed E-state index contributed by atoms with van der Waals surface area (Å²) in [6, 6.07) is 0.698. The highest BCUT2D eigenvalue weighted by Crippen LogP contribution is 2.20. The van der Waals surface area contributed by atoms with Crippen LogP contribution in [0.25, 0.3) is 0 Å². The van der Waals surface area contributed by atoms with Crippen LogP contribution in [0.1, 0.15) is 18.4 Å². The maximum atomic E-state index is 5.48. The summed E-state index contributed by atoms with van der Waals surface area (Å²) in [6.45, 7) is 0.778. The van der Waals surface area contributed by atoms with Gasteiger partial charge in [-0.3, -0.25) is 0 Å². The van der Waals surface area contributed by atoms with Gasteiger partial charge in [-0.25, -0.2) is 0 Å². The van der Waals surface area contributed by atoms with Gasteiger partial charge in [0.2, 0.25) is 5.88 Å². The average Bonchev–Trinajstić information content (AvgIpc) is 2.73. The van der Waals surface area contributed by atoms with Crippen molar-refractivity contribution in [3.63, 3.8) is 0 Å². The van der Waals surface area contributed by atoms with Gasteiger partial charge in [0.25, 0.3) is 0 Å². The molecule has 2 rings (SSSR count). The van der Waals surface area contributed by atoms with Crippen LogP contribution in [-0.4, -0.2) is 11.2 Å². The molecule has 60 valence electrons. The second-order valence-corrected chi connectivity index (χ2v) is 2.87. The zero-order chi connectivity index (χ0) is 7.68. The molecule has 0 bridgehead atoms. The molecule has 0 radical (unpaired) electrons. The molecule has 0 unspecified atom stereocenters. The summed E-state index contributed by atoms with van der Waals surface area (Å²) in [7, 11) is 0. The molecule has 1 aliphatic carbocycles. The minimum absolute atomic E-state index is 0.429. The number of nitrogens with two attached hydrogens (primary N) is 1. The van der Waals surface area contributed by atoms with Crippen molar-refractivity contribution >= 4 is 5.88 Å². The SMILES string of the molecule is Nc1oncc1CNC1CC1. The van der Waals surface area contributed by atoms with E-state index in [9.17, 15) is 0 Å². The summed E-state index contributed by atoms with van der Waals surface area (Å²) >= 11 is 0. The molecule has 0 aromatic carbocycles. The molecule has 1 aromatic rings. The topological polar surface area (TPSA) is 64.1 Å². The molecule has 0 spiro atoms. The first kappa shape index (κ1) is 6.67. The molecular weight excluding hydrogens is 142 g/mol. The van der Waals surface area contributed by atoms with Crippen molar-refractivity contribution in [2.24, 2.45) is 0 Å². The fourth-order valence-electron chi connectivity index (χ4n) is 0.944. The summed E-state index contributed by atoms with van der Waals surface area (Å²) in [5, 5.41) is 6.90. The van der Waals surface area contributed by atoms with Crippen molar-refractivity contribution in [1.29, 1.82) is 0 Å². The van der Waals surface area contributed by atoms with Crippen molar-refractivity contribution in [2.45, 2.75) is 25.4 Å². The zero-order valence-electron chi connectivity index (χ0n) is 6.21. The molecule has 4 nitrogen and oxygen atoms in total. The van der Waals surface area contributed by atoms with Crippen LogP contribution in [0, 0.1) is 0 Å². The first-order chi connectivity index (χ1) is 5.36. The second-order valence-electron chi connectivity index (χ2n) is 2.87. The van der Waals surface area contributed by atoms with Gasteiger partial charge in [-0.05, 0) is 12.8 Å². The molecule has 1 fully saturated rings. The monoisotopic (exact) mass is 153 g/mol. The van der Waals surface area contributed by atoms with E-state index >= 15 is 0 Å². The van der Waals surface area contributed by atoms with E-state index in [-0.39, 0.29) is 0 Å². The van der Waals surface area contributed by atoms with E-state index < -0.39 is 0 Å². The Hall–Kier alpha value is -1.03. The molecule has 0 aliphatic heterocycles. The summed E-state index contributed by atoms with van der Waals surface area (Å²) in [5.41, 5.74) is 6.43. The minimum Gasteiger partial charge on any atom is -0.367 e. The Morgan fingerprint density at radius 1 is 1.73 bits per heavy atom. The quantitative estimate of drug-likeness (QED) is 0.664. The van der Waals surface area contributed by atoms with E-state index in [1.165, 1.54) is 12.8 Å². The van der Waals surface area contributed by atoms with Crippen LogP contribution >= 0.6 is 0 Å². The number of nitrogens with one attached hydrogen (secondary N) is 1. The van der Waals surface area contributed by atoms with E-state index in [4.69, 9.17) is 10.3 Å². The normalized spacial score (nSPS) is 17.1. The van der Waals surface area contributed by atoms with Gasteiger partial charge in [0.15, 0.2) is 0 Å². The minimum atomic E-state index is 0.429. The van der Waals surface area contributed by atoms with E-state index in [0.29, 0.717) is 11.9 Å². The molecule has 1 aromatic heterocycles. The van der Waals surface area contributed by atoms with Gasteiger partial charge in [-0.15, -0.1) is 0 Å². The summed E-state index contributed by atoms with van der Waals surface area (Å²) in [4.78, 5) is 0. The number of rotatable bonds is 3. The lowest BCUT2D eigenvalue weighted by Crippen LogP contribution is -2.15. The van der Waals surface area contributed by atoms with Crippen LogP contribution < -0.4 is 11.1 Å². The lowest BCUT2D eigenvalue weighted by Gasteiger charge is -1.97. The third kappa shape index (κ3) is 1.51. The molecule has 0 atom stereocenters. The molecular formula is C7H11N3O. The van der Waals surface area contributed by atoms with Gasteiger partial charge in [-0.1, -0.05) is 5.16 Å². The van der Waals surface area contributed by atoms with Crippen LogP contribution in [0.2, 0.25) is 0 Å². The molecule has 1 heterocycles. The summed E-state index contributed by atoms with van der Waals surface area (Å²) in [6.07, 6.45) is 4.22. The van der Waals surface area contributed by atoms with Crippen LogP contribution in [0.5, 0.6) is 0 Å². The third-order valence-corrected chi connectivity index (χ3v) is 1.83. The Bertz CT molecular complexity index is 242. The Balaban J connectivity index is 1.89. The van der Waals surface area contributed by atoms with Crippen LogP contribution in [-0.2, 0) is 6.54 Å². The molecule has 1 saturated carbocycles. The fraction of sp³-hybridized carbons (Fsp3) is 0.571. The molecule has 4 heteroatoms. The zero-order valence-corrected chi connectivity index (χ0v) is 6.21. The predicted octanol–water partition coefficient (Wildman–Crippen LogP) is 0.509. The van der Waals surface area contributed by atoms with Gasteiger partial charge in [0.1, 0.15) is 0 Å². The number of anilines is 1. The van der Waals surface area contributed by atoms with Crippen molar-refractivity contribution in [3.05, 3.63) is 11.8 Å². The Kier molecular flexibility index (Phi) is 1.54. The van der Waals surface area contributed by atoms with Crippen LogP contribution in [0.3, 0.4) is 0 Å². The largest absolute Gasteiger partial charge is 0.367 e.